The number of nitrogens with one attached hydrogen (secondary N) is 2. The molecule has 1 aromatic carbocycles. The second-order valence-corrected chi connectivity index (χ2v) is 10.3. The highest BCUT2D eigenvalue weighted by molar-refractivity contribution is 8.04. The lowest BCUT2D eigenvalue weighted by Gasteiger charge is -2.39. The zero-order valence-corrected chi connectivity index (χ0v) is 19.2. The molecule has 31 heavy (non-hydrogen) atoms. The summed E-state index contributed by atoms with van der Waals surface area (Å²) in [5.74, 6) is 0.174. The van der Waals surface area contributed by atoms with Gasteiger partial charge in [-0.25, -0.2) is 0 Å². The number of fused-ring (bicyclic) bond motifs is 1. The molecular formula is C25H35N3O2S. The van der Waals surface area contributed by atoms with Crippen molar-refractivity contribution in [2.24, 2.45) is 5.92 Å². The van der Waals surface area contributed by atoms with E-state index < -0.39 is 0 Å². The second kappa shape index (κ2) is 11.2. The summed E-state index contributed by atoms with van der Waals surface area (Å²) >= 11 is 1.68. The summed E-state index contributed by atoms with van der Waals surface area (Å²) in [6.45, 7) is 4.25. The van der Waals surface area contributed by atoms with E-state index in [0.29, 0.717) is 5.25 Å². The molecule has 1 aliphatic carbocycles. The molecule has 2 amide bonds. The van der Waals surface area contributed by atoms with E-state index in [-0.39, 0.29) is 23.8 Å². The van der Waals surface area contributed by atoms with Crippen LogP contribution in [0.25, 0.3) is 6.08 Å². The van der Waals surface area contributed by atoms with Crippen molar-refractivity contribution in [1.29, 1.82) is 0 Å². The van der Waals surface area contributed by atoms with Crippen LogP contribution < -0.4 is 10.6 Å². The number of nitrogens with zero attached hydrogens (tertiary/aromatic N) is 1. The van der Waals surface area contributed by atoms with Crippen molar-refractivity contribution in [3.05, 3.63) is 40.8 Å². The first kappa shape index (κ1) is 22.4. The van der Waals surface area contributed by atoms with E-state index >= 15 is 0 Å². The Bertz CT molecular complexity index is 774. The van der Waals surface area contributed by atoms with E-state index in [1.807, 2.05) is 36.4 Å². The number of rotatable bonds is 6. The molecule has 2 N–H and O–H groups in total. The van der Waals surface area contributed by atoms with Crippen LogP contribution in [-0.2, 0) is 9.59 Å². The van der Waals surface area contributed by atoms with Gasteiger partial charge in [-0.15, -0.1) is 11.8 Å². The third kappa shape index (κ3) is 6.36. The standard InChI is InChI=1S/C25H35N3O2S/c29-24(26-13-8-16-28-14-6-1-2-7-15-28)20-11-12-22-21(18-20)27-25(30)23(31-22)17-19-9-4-3-5-10-19/h3-5,9-10,17,20-22H,1-2,6-8,11-16,18H2,(H,26,29)(H,27,30)/b23-17-. The Kier molecular flexibility index (Phi) is 8.09. The molecule has 2 aliphatic heterocycles. The molecule has 5 nitrogen and oxygen atoms in total. The predicted octanol–water partition coefficient (Wildman–Crippen LogP) is 3.81. The number of hydrogen-bond acceptors (Lipinski definition) is 4. The smallest absolute Gasteiger partial charge is 0.257 e. The monoisotopic (exact) mass is 441 g/mol. The highest BCUT2D eigenvalue weighted by Crippen LogP contribution is 2.39. The molecule has 3 aliphatic rings. The van der Waals surface area contributed by atoms with Crippen molar-refractivity contribution in [2.75, 3.05) is 26.2 Å². The minimum atomic E-state index is -0.00592. The quantitative estimate of drug-likeness (QED) is 0.521. The van der Waals surface area contributed by atoms with Crippen molar-refractivity contribution in [2.45, 2.75) is 62.7 Å². The van der Waals surface area contributed by atoms with Gasteiger partial charge in [0, 0.05) is 23.8 Å². The number of carbonyl (C=O) groups is 2. The number of likely N-dealkylation sites (tertiary alicyclic amines) is 1. The lowest BCUT2D eigenvalue weighted by atomic mass is 9.84. The predicted molar refractivity (Wildman–Crippen MR) is 128 cm³/mol. The summed E-state index contributed by atoms with van der Waals surface area (Å²) in [6.07, 6.45) is 10.9. The minimum Gasteiger partial charge on any atom is -0.356 e. The van der Waals surface area contributed by atoms with Crippen molar-refractivity contribution in [3.8, 4) is 0 Å². The van der Waals surface area contributed by atoms with Gasteiger partial charge in [0.1, 0.15) is 0 Å². The molecule has 0 bridgehead atoms. The summed E-state index contributed by atoms with van der Waals surface area (Å²) < 4.78 is 0. The van der Waals surface area contributed by atoms with Crippen LogP contribution in [0.5, 0.6) is 0 Å². The fourth-order valence-corrected chi connectivity index (χ4v) is 6.24. The molecule has 4 rings (SSSR count). The van der Waals surface area contributed by atoms with Gasteiger partial charge in [-0.3, -0.25) is 9.59 Å². The maximum absolute atomic E-state index is 12.7. The number of benzene rings is 1. The maximum atomic E-state index is 12.7. The Morgan fingerprint density at radius 2 is 1.90 bits per heavy atom. The molecule has 3 fully saturated rings. The highest BCUT2D eigenvalue weighted by atomic mass is 32.2. The highest BCUT2D eigenvalue weighted by Gasteiger charge is 2.39. The van der Waals surface area contributed by atoms with Gasteiger partial charge < -0.3 is 15.5 Å². The molecular weight excluding hydrogens is 406 g/mol. The Morgan fingerprint density at radius 3 is 2.68 bits per heavy atom. The topological polar surface area (TPSA) is 61.4 Å². The fraction of sp³-hybridized carbons (Fsp3) is 0.600. The van der Waals surface area contributed by atoms with Crippen LogP contribution in [-0.4, -0.2) is 54.2 Å². The van der Waals surface area contributed by atoms with Crippen LogP contribution >= 0.6 is 11.8 Å². The molecule has 1 aromatic rings. The van der Waals surface area contributed by atoms with Gasteiger partial charge in [-0.2, -0.15) is 0 Å². The van der Waals surface area contributed by atoms with Gasteiger partial charge >= 0.3 is 0 Å². The third-order valence-electron chi connectivity index (χ3n) is 6.72. The van der Waals surface area contributed by atoms with E-state index in [1.165, 1.54) is 38.8 Å². The van der Waals surface area contributed by atoms with Crippen LogP contribution in [0.2, 0.25) is 0 Å². The number of hydrogen-bond donors (Lipinski definition) is 2. The molecule has 0 radical (unpaired) electrons. The van der Waals surface area contributed by atoms with Crippen molar-refractivity contribution in [1.82, 2.24) is 15.5 Å². The lowest BCUT2D eigenvalue weighted by molar-refractivity contribution is -0.127. The van der Waals surface area contributed by atoms with E-state index in [2.05, 4.69) is 15.5 Å². The second-order valence-electron chi connectivity index (χ2n) is 9.07. The summed E-state index contributed by atoms with van der Waals surface area (Å²) in [5, 5.41) is 6.70. The number of amides is 2. The number of thioether (sulfide) groups is 1. The molecule has 168 valence electrons. The Hall–Kier alpha value is -1.79. The van der Waals surface area contributed by atoms with Crippen LogP contribution in [0.1, 0.15) is 56.9 Å². The first-order valence-electron chi connectivity index (χ1n) is 11.9. The fourth-order valence-electron chi connectivity index (χ4n) is 4.95. The first-order chi connectivity index (χ1) is 15.2. The Labute approximate surface area is 190 Å². The average molecular weight is 442 g/mol. The summed E-state index contributed by atoms with van der Waals surface area (Å²) in [5.41, 5.74) is 1.05. The van der Waals surface area contributed by atoms with Crippen molar-refractivity contribution < 1.29 is 9.59 Å². The molecule has 0 spiro atoms. The van der Waals surface area contributed by atoms with Crippen molar-refractivity contribution >= 4 is 29.7 Å². The Balaban J connectivity index is 1.21. The van der Waals surface area contributed by atoms with Gasteiger partial charge in [0.05, 0.1) is 4.91 Å². The van der Waals surface area contributed by atoms with E-state index in [4.69, 9.17) is 0 Å². The zero-order valence-electron chi connectivity index (χ0n) is 18.4. The van der Waals surface area contributed by atoms with Gasteiger partial charge in [0.15, 0.2) is 0 Å². The van der Waals surface area contributed by atoms with E-state index in [1.54, 1.807) is 11.8 Å². The van der Waals surface area contributed by atoms with Gasteiger partial charge in [-0.1, -0.05) is 43.2 Å². The van der Waals surface area contributed by atoms with Crippen LogP contribution in [0, 0.1) is 5.92 Å². The van der Waals surface area contributed by atoms with Gasteiger partial charge in [0.2, 0.25) is 5.91 Å². The largest absolute Gasteiger partial charge is 0.356 e. The minimum absolute atomic E-state index is 0.00592. The summed E-state index contributed by atoms with van der Waals surface area (Å²) in [6, 6.07) is 10.1. The molecule has 3 unspecified atom stereocenters. The third-order valence-corrected chi connectivity index (χ3v) is 8.15. The Morgan fingerprint density at radius 1 is 1.13 bits per heavy atom. The molecule has 6 heteroatoms. The molecule has 0 aromatic heterocycles. The lowest BCUT2D eigenvalue weighted by Crippen LogP contribution is -2.51. The van der Waals surface area contributed by atoms with Gasteiger partial charge in [-0.05, 0) is 69.8 Å². The first-order valence-corrected chi connectivity index (χ1v) is 12.8. The van der Waals surface area contributed by atoms with Crippen LogP contribution in [0.4, 0.5) is 0 Å². The van der Waals surface area contributed by atoms with Crippen LogP contribution in [0.3, 0.4) is 0 Å². The zero-order chi connectivity index (χ0) is 21.5. The maximum Gasteiger partial charge on any atom is 0.257 e. The number of carbonyl (C=O) groups excluding carboxylic acids is 2. The summed E-state index contributed by atoms with van der Waals surface area (Å²) in [7, 11) is 0. The summed E-state index contributed by atoms with van der Waals surface area (Å²) in [4.78, 5) is 28.6. The SMILES string of the molecule is O=C1NC2CC(C(=O)NCCCN3CCCCCC3)CCC2S/C1=C\c1ccccc1. The molecule has 2 heterocycles. The average Bonchev–Trinajstić information content (AvgIpc) is 3.06. The van der Waals surface area contributed by atoms with Crippen LogP contribution in [0.15, 0.2) is 35.2 Å². The van der Waals surface area contributed by atoms with E-state index in [9.17, 15) is 9.59 Å². The molecule has 3 atom stereocenters. The van der Waals surface area contributed by atoms with Crippen molar-refractivity contribution in [3.63, 3.8) is 0 Å². The van der Waals surface area contributed by atoms with Gasteiger partial charge in [0.25, 0.3) is 5.91 Å². The van der Waals surface area contributed by atoms with E-state index in [0.717, 1.165) is 49.2 Å². The molecule has 2 saturated heterocycles. The normalized spacial score (nSPS) is 28.5. The molecule has 1 saturated carbocycles.